The van der Waals surface area contributed by atoms with E-state index < -0.39 is 0 Å². The normalized spacial score (nSPS) is 18.2. The van der Waals surface area contributed by atoms with Gasteiger partial charge in [0.25, 0.3) is 0 Å². The van der Waals surface area contributed by atoms with E-state index in [0.717, 1.165) is 31.4 Å². The SMILES string of the molecule is Cc1cc(Oc2cnn(C3CCCCO3)c2)ccc1C#N. The smallest absolute Gasteiger partial charge is 0.165 e. The number of ether oxygens (including phenoxy) is 2. The Hall–Kier alpha value is -2.32. The highest BCUT2D eigenvalue weighted by Crippen LogP contribution is 2.27. The molecule has 1 aromatic carbocycles. The number of benzene rings is 1. The summed E-state index contributed by atoms with van der Waals surface area (Å²) in [6.45, 7) is 2.68. The summed E-state index contributed by atoms with van der Waals surface area (Å²) < 4.78 is 13.3. The quantitative estimate of drug-likeness (QED) is 0.864. The minimum Gasteiger partial charge on any atom is -0.454 e. The van der Waals surface area contributed by atoms with Gasteiger partial charge in [0.05, 0.1) is 24.0 Å². The number of aromatic nitrogens is 2. The van der Waals surface area contributed by atoms with Crippen molar-refractivity contribution in [1.82, 2.24) is 9.78 Å². The third kappa shape index (κ3) is 3.06. The van der Waals surface area contributed by atoms with Crippen LogP contribution < -0.4 is 4.74 Å². The molecule has 108 valence electrons. The Morgan fingerprint density at radius 3 is 3.00 bits per heavy atom. The van der Waals surface area contributed by atoms with Gasteiger partial charge < -0.3 is 9.47 Å². The van der Waals surface area contributed by atoms with Gasteiger partial charge >= 0.3 is 0 Å². The van der Waals surface area contributed by atoms with Crippen LogP contribution in [-0.2, 0) is 4.74 Å². The summed E-state index contributed by atoms with van der Waals surface area (Å²) >= 11 is 0. The Morgan fingerprint density at radius 2 is 2.29 bits per heavy atom. The zero-order valence-electron chi connectivity index (χ0n) is 12.0. The zero-order chi connectivity index (χ0) is 14.7. The van der Waals surface area contributed by atoms with Crippen molar-refractivity contribution < 1.29 is 9.47 Å². The lowest BCUT2D eigenvalue weighted by Crippen LogP contribution is -2.18. The molecule has 2 heterocycles. The topological polar surface area (TPSA) is 60.1 Å². The van der Waals surface area contributed by atoms with Crippen LogP contribution in [0.3, 0.4) is 0 Å². The first-order valence-corrected chi connectivity index (χ1v) is 7.10. The Kier molecular flexibility index (Phi) is 3.89. The van der Waals surface area contributed by atoms with Crippen molar-refractivity contribution in [1.29, 1.82) is 5.26 Å². The van der Waals surface area contributed by atoms with E-state index in [2.05, 4.69) is 11.2 Å². The second-order valence-corrected chi connectivity index (χ2v) is 5.17. The molecule has 1 fully saturated rings. The molecule has 1 saturated heterocycles. The first-order chi connectivity index (χ1) is 10.3. The second-order valence-electron chi connectivity index (χ2n) is 5.17. The molecule has 0 radical (unpaired) electrons. The Bertz CT molecular complexity index is 666. The van der Waals surface area contributed by atoms with E-state index >= 15 is 0 Å². The highest BCUT2D eigenvalue weighted by atomic mass is 16.5. The number of nitriles is 1. The highest BCUT2D eigenvalue weighted by molar-refractivity contribution is 5.42. The molecule has 3 rings (SSSR count). The minimum atomic E-state index is 0.0128. The molecule has 0 spiro atoms. The van der Waals surface area contributed by atoms with Crippen LogP contribution in [0.4, 0.5) is 0 Å². The molecule has 5 heteroatoms. The summed E-state index contributed by atoms with van der Waals surface area (Å²) in [6.07, 6.45) is 6.81. The van der Waals surface area contributed by atoms with Crippen LogP contribution in [0.15, 0.2) is 30.6 Å². The van der Waals surface area contributed by atoms with Gasteiger partial charge in [-0.05, 0) is 49.9 Å². The molecule has 0 amide bonds. The number of hydrogen-bond donors (Lipinski definition) is 0. The molecule has 0 bridgehead atoms. The lowest BCUT2D eigenvalue weighted by Gasteiger charge is -2.22. The summed E-state index contributed by atoms with van der Waals surface area (Å²) in [5, 5.41) is 13.2. The average molecular weight is 283 g/mol. The molecule has 2 aromatic rings. The summed E-state index contributed by atoms with van der Waals surface area (Å²) in [4.78, 5) is 0. The molecule has 1 unspecified atom stereocenters. The van der Waals surface area contributed by atoms with Crippen molar-refractivity contribution in [3.8, 4) is 17.6 Å². The summed E-state index contributed by atoms with van der Waals surface area (Å²) in [5.41, 5.74) is 1.56. The van der Waals surface area contributed by atoms with E-state index in [1.54, 1.807) is 18.3 Å². The fraction of sp³-hybridized carbons (Fsp3) is 0.375. The number of aryl methyl sites for hydroxylation is 1. The van der Waals surface area contributed by atoms with Gasteiger partial charge in [0, 0.05) is 6.61 Å². The van der Waals surface area contributed by atoms with Gasteiger partial charge in [0.2, 0.25) is 0 Å². The van der Waals surface area contributed by atoms with Gasteiger partial charge in [0.15, 0.2) is 5.75 Å². The zero-order valence-corrected chi connectivity index (χ0v) is 12.0. The predicted molar refractivity (Wildman–Crippen MR) is 77.0 cm³/mol. The van der Waals surface area contributed by atoms with Crippen molar-refractivity contribution in [2.75, 3.05) is 6.61 Å². The van der Waals surface area contributed by atoms with E-state index in [-0.39, 0.29) is 6.23 Å². The molecule has 5 nitrogen and oxygen atoms in total. The number of rotatable bonds is 3. The van der Waals surface area contributed by atoms with Crippen LogP contribution in [0.25, 0.3) is 0 Å². The standard InChI is InChI=1S/C16H17N3O2/c1-12-8-14(6-5-13(12)9-17)21-15-10-18-19(11-15)16-4-2-3-7-20-16/h5-6,8,10-11,16H,2-4,7H2,1H3. The maximum absolute atomic E-state index is 8.93. The van der Waals surface area contributed by atoms with Gasteiger partial charge in [-0.3, -0.25) is 0 Å². The predicted octanol–water partition coefficient (Wildman–Crippen LogP) is 3.55. The largest absolute Gasteiger partial charge is 0.454 e. The maximum atomic E-state index is 8.93. The van der Waals surface area contributed by atoms with Crippen LogP contribution in [0.1, 0.15) is 36.6 Å². The van der Waals surface area contributed by atoms with E-state index in [0.29, 0.717) is 17.1 Å². The number of nitrogens with zero attached hydrogens (tertiary/aromatic N) is 3. The van der Waals surface area contributed by atoms with Crippen LogP contribution in [0.5, 0.6) is 11.5 Å². The van der Waals surface area contributed by atoms with Crippen molar-refractivity contribution in [3.63, 3.8) is 0 Å². The molecule has 1 aliphatic rings. The third-order valence-electron chi connectivity index (χ3n) is 3.58. The molecule has 21 heavy (non-hydrogen) atoms. The molecular weight excluding hydrogens is 266 g/mol. The Balaban J connectivity index is 1.72. The number of hydrogen-bond acceptors (Lipinski definition) is 4. The fourth-order valence-corrected chi connectivity index (χ4v) is 2.42. The van der Waals surface area contributed by atoms with Gasteiger partial charge in [-0.2, -0.15) is 10.4 Å². The average Bonchev–Trinajstić information content (AvgIpc) is 2.97. The molecular formula is C16H17N3O2. The summed E-state index contributed by atoms with van der Waals surface area (Å²) in [7, 11) is 0. The molecule has 1 aromatic heterocycles. The summed E-state index contributed by atoms with van der Waals surface area (Å²) in [6, 6.07) is 7.55. The highest BCUT2D eigenvalue weighted by Gasteiger charge is 2.16. The van der Waals surface area contributed by atoms with Crippen LogP contribution in [0.2, 0.25) is 0 Å². The molecule has 0 N–H and O–H groups in total. The van der Waals surface area contributed by atoms with Gasteiger partial charge in [-0.25, -0.2) is 4.68 Å². The van der Waals surface area contributed by atoms with E-state index in [1.807, 2.05) is 23.9 Å². The minimum absolute atomic E-state index is 0.0128. The second kappa shape index (κ2) is 5.98. The van der Waals surface area contributed by atoms with E-state index in [9.17, 15) is 0 Å². The van der Waals surface area contributed by atoms with Gasteiger partial charge in [-0.1, -0.05) is 0 Å². The lowest BCUT2D eigenvalue weighted by atomic mass is 10.1. The lowest BCUT2D eigenvalue weighted by molar-refractivity contribution is -0.0395. The Morgan fingerprint density at radius 1 is 1.38 bits per heavy atom. The van der Waals surface area contributed by atoms with Crippen molar-refractivity contribution >= 4 is 0 Å². The first kappa shape index (κ1) is 13.7. The monoisotopic (exact) mass is 283 g/mol. The maximum Gasteiger partial charge on any atom is 0.165 e. The van der Waals surface area contributed by atoms with Crippen LogP contribution in [-0.4, -0.2) is 16.4 Å². The van der Waals surface area contributed by atoms with Crippen molar-refractivity contribution in [3.05, 3.63) is 41.7 Å². The van der Waals surface area contributed by atoms with Gasteiger partial charge in [0.1, 0.15) is 12.0 Å². The van der Waals surface area contributed by atoms with Crippen LogP contribution in [0, 0.1) is 18.3 Å². The van der Waals surface area contributed by atoms with E-state index in [1.165, 1.54) is 0 Å². The molecule has 0 saturated carbocycles. The third-order valence-corrected chi connectivity index (χ3v) is 3.58. The summed E-state index contributed by atoms with van der Waals surface area (Å²) in [5.74, 6) is 1.38. The van der Waals surface area contributed by atoms with E-state index in [4.69, 9.17) is 14.7 Å². The fourth-order valence-electron chi connectivity index (χ4n) is 2.42. The first-order valence-electron chi connectivity index (χ1n) is 7.10. The molecule has 1 aliphatic heterocycles. The van der Waals surface area contributed by atoms with Crippen molar-refractivity contribution in [2.24, 2.45) is 0 Å². The van der Waals surface area contributed by atoms with Gasteiger partial charge in [-0.15, -0.1) is 0 Å². The molecule has 0 aliphatic carbocycles. The molecule has 1 atom stereocenters. The van der Waals surface area contributed by atoms with Crippen LogP contribution >= 0.6 is 0 Å². The Labute approximate surface area is 123 Å². The van der Waals surface area contributed by atoms with Crippen molar-refractivity contribution in [2.45, 2.75) is 32.4 Å².